The van der Waals surface area contributed by atoms with Crippen LogP contribution in [0.1, 0.15) is 16.3 Å². The number of aromatic nitrogens is 1. The van der Waals surface area contributed by atoms with Gasteiger partial charge in [-0.15, -0.1) is 11.3 Å². The summed E-state index contributed by atoms with van der Waals surface area (Å²) in [6, 6.07) is 9.29. The molecule has 0 unspecified atom stereocenters. The minimum atomic E-state index is -5.08. The molecule has 1 aromatic heterocycles. The number of carbonyl (C=O) groups is 2. The summed E-state index contributed by atoms with van der Waals surface area (Å²) >= 11 is 1.47. The van der Waals surface area contributed by atoms with Crippen LogP contribution in [0.2, 0.25) is 0 Å². The number of carboxylic acid groups (broad SMARTS) is 1. The van der Waals surface area contributed by atoms with Crippen LogP contribution in [-0.4, -0.2) is 68.9 Å². The van der Waals surface area contributed by atoms with Crippen molar-refractivity contribution < 1.29 is 36.6 Å². The summed E-state index contributed by atoms with van der Waals surface area (Å²) in [5.74, 6) is -3.50. The molecule has 12 heteroatoms. The van der Waals surface area contributed by atoms with Crippen LogP contribution in [0, 0.1) is 6.92 Å². The monoisotopic (exact) mass is 477 g/mol. The zero-order valence-corrected chi connectivity index (χ0v) is 17.7. The van der Waals surface area contributed by atoms with Crippen LogP contribution >= 0.6 is 11.3 Å². The number of fused-ring (bicyclic) bond motifs is 1. The smallest absolute Gasteiger partial charge is 0.475 e. The van der Waals surface area contributed by atoms with Gasteiger partial charge in [0.05, 0.1) is 13.1 Å². The average molecular weight is 477 g/mol. The maximum Gasteiger partial charge on any atom is 0.490 e. The SMILES string of the molecule is Cc1csc(CN2C[C@]3(F)CN(Cc4ccccc4)C(=O)[C@]3(F)C2)n1.O=C(O)C(F)(F)F. The number of aliphatic carboxylic acids is 1. The minimum absolute atomic E-state index is 0.0842. The molecule has 2 saturated heterocycles. The zero-order valence-electron chi connectivity index (χ0n) is 16.9. The molecule has 6 nitrogen and oxygen atoms in total. The summed E-state index contributed by atoms with van der Waals surface area (Å²) in [6.45, 7) is 2.00. The largest absolute Gasteiger partial charge is 0.490 e. The second-order valence-corrected chi connectivity index (χ2v) is 8.69. The van der Waals surface area contributed by atoms with Crippen molar-refractivity contribution in [1.29, 1.82) is 0 Å². The van der Waals surface area contributed by atoms with E-state index >= 15 is 8.78 Å². The predicted molar refractivity (Wildman–Crippen MR) is 105 cm³/mol. The van der Waals surface area contributed by atoms with E-state index < -0.39 is 29.4 Å². The topological polar surface area (TPSA) is 73.7 Å². The summed E-state index contributed by atoms with van der Waals surface area (Å²) in [4.78, 5) is 28.8. The molecule has 4 rings (SSSR count). The van der Waals surface area contributed by atoms with Crippen LogP contribution in [0.3, 0.4) is 0 Å². The van der Waals surface area contributed by atoms with Gasteiger partial charge in [0, 0.05) is 30.7 Å². The third-order valence-electron chi connectivity index (χ3n) is 5.18. The Bertz CT molecular complexity index is 986. The van der Waals surface area contributed by atoms with Gasteiger partial charge in [-0.1, -0.05) is 30.3 Å². The van der Waals surface area contributed by atoms with Crippen molar-refractivity contribution in [2.75, 3.05) is 19.6 Å². The Labute approximate surface area is 184 Å². The van der Waals surface area contributed by atoms with E-state index in [9.17, 15) is 18.0 Å². The number of rotatable bonds is 4. The molecule has 2 fully saturated rings. The lowest BCUT2D eigenvalue weighted by atomic mass is 9.93. The van der Waals surface area contributed by atoms with Crippen molar-refractivity contribution in [3.8, 4) is 0 Å². The molecule has 3 heterocycles. The molecule has 2 aliphatic rings. The predicted octanol–water partition coefficient (Wildman–Crippen LogP) is 3.36. The minimum Gasteiger partial charge on any atom is -0.475 e. The van der Waals surface area contributed by atoms with Crippen molar-refractivity contribution >= 4 is 23.2 Å². The maximum absolute atomic E-state index is 15.4. The third kappa shape index (κ3) is 4.90. The van der Waals surface area contributed by atoms with Crippen molar-refractivity contribution in [2.45, 2.75) is 37.5 Å². The molecule has 1 N–H and O–H groups in total. The zero-order chi connectivity index (χ0) is 23.7. The highest BCUT2D eigenvalue weighted by atomic mass is 32.1. The number of likely N-dealkylation sites (tertiary alicyclic amines) is 2. The maximum atomic E-state index is 15.4. The van der Waals surface area contributed by atoms with Crippen molar-refractivity contribution in [1.82, 2.24) is 14.8 Å². The highest BCUT2D eigenvalue weighted by Gasteiger charge is 2.70. The first-order valence-electron chi connectivity index (χ1n) is 9.49. The molecule has 2 aliphatic heterocycles. The van der Waals surface area contributed by atoms with Crippen molar-refractivity contribution in [3.63, 3.8) is 0 Å². The van der Waals surface area contributed by atoms with E-state index in [0.717, 1.165) is 16.3 Å². The second kappa shape index (κ2) is 8.74. The molecule has 2 aromatic rings. The van der Waals surface area contributed by atoms with E-state index in [1.165, 1.54) is 16.2 Å². The molecule has 1 amide bonds. The summed E-state index contributed by atoms with van der Waals surface area (Å²) in [5, 5.41) is 9.85. The molecule has 174 valence electrons. The van der Waals surface area contributed by atoms with Gasteiger partial charge in [0.15, 0.2) is 5.67 Å². The average Bonchev–Trinajstić information content (AvgIpc) is 3.26. The lowest BCUT2D eigenvalue weighted by Crippen LogP contribution is -2.47. The summed E-state index contributed by atoms with van der Waals surface area (Å²) < 4.78 is 62.4. The Hall–Kier alpha value is -2.60. The van der Waals surface area contributed by atoms with E-state index in [1.54, 1.807) is 4.90 Å². The Morgan fingerprint density at radius 2 is 1.78 bits per heavy atom. The quantitative estimate of drug-likeness (QED) is 0.684. The first-order valence-corrected chi connectivity index (χ1v) is 10.4. The summed E-state index contributed by atoms with van der Waals surface area (Å²) in [7, 11) is 0. The summed E-state index contributed by atoms with van der Waals surface area (Å²) in [6.07, 6.45) is -5.08. The number of carbonyl (C=O) groups excluding carboxylic acids is 1. The van der Waals surface area contributed by atoms with Gasteiger partial charge in [-0.05, 0) is 12.5 Å². The van der Waals surface area contributed by atoms with Crippen LogP contribution in [0.15, 0.2) is 35.7 Å². The van der Waals surface area contributed by atoms with Crippen molar-refractivity contribution in [3.05, 3.63) is 52.0 Å². The van der Waals surface area contributed by atoms with E-state index in [4.69, 9.17) is 9.90 Å². The number of benzene rings is 1. The normalized spacial score (nSPS) is 25.4. The van der Waals surface area contributed by atoms with Crippen molar-refractivity contribution in [2.24, 2.45) is 0 Å². The number of carboxylic acids is 1. The van der Waals surface area contributed by atoms with Gasteiger partial charge in [0.2, 0.25) is 5.67 Å². The molecular weight excluding hydrogens is 457 g/mol. The molecular formula is C20H20F5N3O3S. The molecule has 32 heavy (non-hydrogen) atoms. The molecule has 0 bridgehead atoms. The molecule has 2 atom stereocenters. The van der Waals surface area contributed by atoms with E-state index in [1.807, 2.05) is 42.6 Å². The first-order chi connectivity index (χ1) is 14.8. The van der Waals surface area contributed by atoms with Crippen LogP contribution in [0.25, 0.3) is 0 Å². The number of aryl methyl sites for hydroxylation is 1. The van der Waals surface area contributed by atoms with E-state index in [-0.39, 0.29) is 26.2 Å². The highest BCUT2D eigenvalue weighted by molar-refractivity contribution is 7.09. The number of hydrogen-bond acceptors (Lipinski definition) is 5. The number of halogens is 5. The fraction of sp³-hybridized carbons (Fsp3) is 0.450. The van der Waals surface area contributed by atoms with Gasteiger partial charge in [0.1, 0.15) is 5.01 Å². The Balaban J connectivity index is 0.000000360. The van der Waals surface area contributed by atoms with Gasteiger partial charge in [0.25, 0.3) is 5.91 Å². The molecule has 1 aromatic carbocycles. The Morgan fingerprint density at radius 1 is 1.16 bits per heavy atom. The van der Waals surface area contributed by atoms with E-state index in [0.29, 0.717) is 6.54 Å². The lowest BCUT2D eigenvalue weighted by molar-refractivity contribution is -0.192. The van der Waals surface area contributed by atoms with Gasteiger partial charge in [-0.3, -0.25) is 9.69 Å². The van der Waals surface area contributed by atoms with Crippen LogP contribution in [-0.2, 0) is 22.7 Å². The van der Waals surface area contributed by atoms with Gasteiger partial charge in [-0.25, -0.2) is 18.6 Å². The summed E-state index contributed by atoms with van der Waals surface area (Å²) in [5.41, 5.74) is -2.85. The number of alkyl halides is 5. The van der Waals surface area contributed by atoms with Gasteiger partial charge < -0.3 is 10.0 Å². The van der Waals surface area contributed by atoms with E-state index in [2.05, 4.69) is 4.98 Å². The molecule has 0 spiro atoms. The number of amides is 1. The Kier molecular flexibility index (Phi) is 6.57. The van der Waals surface area contributed by atoms with Gasteiger partial charge in [-0.2, -0.15) is 13.2 Å². The molecule has 0 saturated carbocycles. The number of thiazole rings is 1. The number of hydrogen-bond donors (Lipinski definition) is 1. The second-order valence-electron chi connectivity index (χ2n) is 7.74. The number of nitrogens with zero attached hydrogens (tertiary/aromatic N) is 3. The standard InChI is InChI=1S/C18H19F2N3OS.C2HF3O2/c1-13-9-25-15(21-13)8-22-10-17(19)11-23(16(24)18(17,20)12-22)7-14-5-3-2-4-6-14;3-2(4,5)1(6)7/h2-6,9H,7-8,10-12H2,1H3;(H,6,7)/t17-,18+;/m0./s1. The Morgan fingerprint density at radius 3 is 2.28 bits per heavy atom. The first kappa shape index (κ1) is 24.1. The fourth-order valence-electron chi connectivity index (χ4n) is 3.75. The van der Waals surface area contributed by atoms with Crippen LogP contribution < -0.4 is 0 Å². The highest BCUT2D eigenvalue weighted by Crippen LogP contribution is 2.46. The molecule has 0 aliphatic carbocycles. The van der Waals surface area contributed by atoms with Crippen LogP contribution in [0.4, 0.5) is 22.0 Å². The molecule has 0 radical (unpaired) electrons. The van der Waals surface area contributed by atoms with Gasteiger partial charge >= 0.3 is 12.1 Å². The fourth-order valence-corrected chi connectivity index (χ4v) is 4.57. The van der Waals surface area contributed by atoms with Crippen LogP contribution in [0.5, 0.6) is 0 Å². The third-order valence-corrected chi connectivity index (χ3v) is 6.13. The lowest BCUT2D eigenvalue weighted by Gasteiger charge is -2.22.